The third-order valence-electron chi connectivity index (χ3n) is 1.56. The number of halogens is 5. The van der Waals surface area contributed by atoms with Crippen molar-refractivity contribution in [2.45, 2.75) is 6.18 Å². The Bertz CT molecular complexity index is 427. The molecule has 0 spiro atoms. The molecule has 0 radical (unpaired) electrons. The maximum Gasteiger partial charge on any atom is 0.416 e. The Morgan fingerprint density at radius 1 is 1.06 bits per heavy atom. The third kappa shape index (κ3) is 2.93. The average molecular weight is 272 g/mol. The summed E-state index contributed by atoms with van der Waals surface area (Å²) in [5.74, 6) is 0. The number of carbonyl (C=O) groups excluding carboxylic acids is 2. The fourth-order valence-corrected chi connectivity index (χ4v) is 1.09. The maximum absolute atomic E-state index is 12.3. The highest BCUT2D eigenvalue weighted by molar-refractivity contribution is 6.68. The second-order valence-corrected chi connectivity index (χ2v) is 3.36. The minimum absolute atomic E-state index is 0.443. The largest absolute Gasteiger partial charge is 0.416 e. The molecule has 0 unspecified atom stereocenters. The van der Waals surface area contributed by atoms with Crippen molar-refractivity contribution < 1.29 is 22.8 Å². The SMILES string of the molecule is O=C(Cl)c1cc(C(F)(F)F)cc(C(=O)Cl)n1. The zero-order chi connectivity index (χ0) is 12.5. The van der Waals surface area contributed by atoms with Gasteiger partial charge in [0.1, 0.15) is 11.4 Å². The van der Waals surface area contributed by atoms with Crippen molar-refractivity contribution in [1.29, 1.82) is 0 Å². The molecule has 3 nitrogen and oxygen atoms in total. The molecule has 86 valence electrons. The van der Waals surface area contributed by atoms with Gasteiger partial charge in [-0.15, -0.1) is 0 Å². The Morgan fingerprint density at radius 3 is 1.69 bits per heavy atom. The number of pyridine rings is 1. The molecule has 1 aromatic heterocycles. The standard InChI is InChI=1S/C8H2Cl2F3NO2/c9-6(15)4-1-3(8(11,12)13)2-5(14-4)7(10)16/h1-2H. The summed E-state index contributed by atoms with van der Waals surface area (Å²) >= 11 is 9.96. The zero-order valence-electron chi connectivity index (χ0n) is 7.31. The molecule has 1 aromatic rings. The number of nitrogens with zero attached hydrogens (tertiary/aromatic N) is 1. The molecule has 1 heterocycles. The molecule has 0 N–H and O–H groups in total. The summed E-state index contributed by atoms with van der Waals surface area (Å²) in [6.45, 7) is 0. The summed E-state index contributed by atoms with van der Waals surface area (Å²) in [7, 11) is 0. The monoisotopic (exact) mass is 271 g/mol. The number of rotatable bonds is 2. The van der Waals surface area contributed by atoms with Gasteiger partial charge in [0, 0.05) is 0 Å². The lowest BCUT2D eigenvalue weighted by atomic mass is 10.2. The topological polar surface area (TPSA) is 47.0 Å². The zero-order valence-corrected chi connectivity index (χ0v) is 8.82. The molecule has 0 aliphatic rings. The predicted molar refractivity (Wildman–Crippen MR) is 49.6 cm³/mol. The molecule has 0 saturated carbocycles. The number of alkyl halides is 3. The van der Waals surface area contributed by atoms with Gasteiger partial charge < -0.3 is 0 Å². The van der Waals surface area contributed by atoms with Gasteiger partial charge in [-0.25, -0.2) is 4.98 Å². The van der Waals surface area contributed by atoms with Gasteiger partial charge in [0.15, 0.2) is 0 Å². The van der Waals surface area contributed by atoms with Crippen LogP contribution in [0.1, 0.15) is 26.5 Å². The normalized spacial score (nSPS) is 11.3. The Labute approximate surface area is 97.2 Å². The van der Waals surface area contributed by atoms with E-state index < -0.39 is 33.6 Å². The van der Waals surface area contributed by atoms with Crippen LogP contribution in [0, 0.1) is 0 Å². The molecule has 0 bridgehead atoms. The van der Waals surface area contributed by atoms with Crippen LogP contribution in [0.3, 0.4) is 0 Å². The molecule has 0 fully saturated rings. The molecule has 0 aliphatic carbocycles. The van der Waals surface area contributed by atoms with Gasteiger partial charge in [0.25, 0.3) is 10.5 Å². The summed E-state index contributed by atoms with van der Waals surface area (Å²) in [6.07, 6.45) is -4.72. The quantitative estimate of drug-likeness (QED) is 0.777. The molecular formula is C8H2Cl2F3NO2. The first-order chi connectivity index (χ1) is 7.21. The van der Waals surface area contributed by atoms with E-state index in [2.05, 4.69) is 4.98 Å². The van der Waals surface area contributed by atoms with Crippen LogP contribution in [0.25, 0.3) is 0 Å². The molecule has 8 heteroatoms. The summed E-state index contributed by atoms with van der Waals surface area (Å²) in [6, 6.07) is 0.886. The smallest absolute Gasteiger partial charge is 0.274 e. The van der Waals surface area contributed by atoms with Gasteiger partial charge in [-0.3, -0.25) is 9.59 Å². The van der Waals surface area contributed by atoms with Crippen molar-refractivity contribution in [3.05, 3.63) is 29.1 Å². The highest BCUT2D eigenvalue weighted by atomic mass is 35.5. The van der Waals surface area contributed by atoms with E-state index in [4.69, 9.17) is 23.2 Å². The lowest BCUT2D eigenvalue weighted by Crippen LogP contribution is -2.10. The Morgan fingerprint density at radius 2 is 1.44 bits per heavy atom. The van der Waals surface area contributed by atoms with Crippen LogP contribution in [-0.2, 0) is 6.18 Å². The van der Waals surface area contributed by atoms with E-state index in [0.29, 0.717) is 12.1 Å². The maximum atomic E-state index is 12.3. The Hall–Kier alpha value is -1.14. The lowest BCUT2D eigenvalue weighted by molar-refractivity contribution is -0.137. The highest BCUT2D eigenvalue weighted by Crippen LogP contribution is 2.30. The van der Waals surface area contributed by atoms with Gasteiger partial charge in [-0.05, 0) is 35.3 Å². The Kier molecular flexibility index (Phi) is 3.54. The van der Waals surface area contributed by atoms with Crippen molar-refractivity contribution in [3.63, 3.8) is 0 Å². The minimum Gasteiger partial charge on any atom is -0.274 e. The van der Waals surface area contributed by atoms with Gasteiger partial charge in [-0.1, -0.05) is 0 Å². The van der Waals surface area contributed by atoms with Crippen molar-refractivity contribution in [2.75, 3.05) is 0 Å². The predicted octanol–water partition coefficient (Wildman–Crippen LogP) is 2.86. The van der Waals surface area contributed by atoms with E-state index in [0.717, 1.165) is 0 Å². The van der Waals surface area contributed by atoms with E-state index in [9.17, 15) is 22.8 Å². The fraction of sp³-hybridized carbons (Fsp3) is 0.125. The first-order valence-corrected chi connectivity index (χ1v) is 4.46. The van der Waals surface area contributed by atoms with E-state index >= 15 is 0 Å². The van der Waals surface area contributed by atoms with Crippen LogP contribution in [0.4, 0.5) is 13.2 Å². The molecular weight excluding hydrogens is 270 g/mol. The van der Waals surface area contributed by atoms with E-state index in [1.54, 1.807) is 0 Å². The summed E-state index contributed by atoms with van der Waals surface area (Å²) in [4.78, 5) is 24.6. The van der Waals surface area contributed by atoms with Crippen molar-refractivity contribution in [2.24, 2.45) is 0 Å². The minimum atomic E-state index is -4.72. The fourth-order valence-electron chi connectivity index (χ4n) is 0.896. The molecule has 0 aliphatic heterocycles. The van der Waals surface area contributed by atoms with Crippen molar-refractivity contribution >= 4 is 33.7 Å². The molecule has 0 amide bonds. The number of carbonyl (C=O) groups is 2. The van der Waals surface area contributed by atoms with Gasteiger partial charge in [0.2, 0.25) is 0 Å². The molecule has 16 heavy (non-hydrogen) atoms. The van der Waals surface area contributed by atoms with Crippen LogP contribution in [-0.4, -0.2) is 15.5 Å². The van der Waals surface area contributed by atoms with Gasteiger partial charge in [-0.2, -0.15) is 13.2 Å². The second kappa shape index (κ2) is 4.39. The van der Waals surface area contributed by atoms with Crippen molar-refractivity contribution in [3.8, 4) is 0 Å². The number of hydrogen-bond donors (Lipinski definition) is 0. The lowest BCUT2D eigenvalue weighted by Gasteiger charge is -2.08. The van der Waals surface area contributed by atoms with E-state index in [1.165, 1.54) is 0 Å². The molecule has 0 aromatic carbocycles. The number of aromatic nitrogens is 1. The summed E-state index contributed by atoms with van der Waals surface area (Å²) in [5.41, 5.74) is -2.57. The Balaban J connectivity index is 3.42. The van der Waals surface area contributed by atoms with Crippen molar-refractivity contribution in [1.82, 2.24) is 4.98 Å². The average Bonchev–Trinajstić information content (AvgIpc) is 2.15. The van der Waals surface area contributed by atoms with E-state index in [1.807, 2.05) is 0 Å². The first kappa shape index (κ1) is 12.9. The summed E-state index contributed by atoms with van der Waals surface area (Å²) < 4.78 is 37.0. The highest BCUT2D eigenvalue weighted by Gasteiger charge is 2.32. The van der Waals surface area contributed by atoms with E-state index in [-0.39, 0.29) is 0 Å². The van der Waals surface area contributed by atoms with Crippen LogP contribution < -0.4 is 0 Å². The van der Waals surface area contributed by atoms with Gasteiger partial charge >= 0.3 is 6.18 Å². The first-order valence-electron chi connectivity index (χ1n) is 3.71. The van der Waals surface area contributed by atoms with Gasteiger partial charge in [0.05, 0.1) is 5.56 Å². The third-order valence-corrected chi connectivity index (χ3v) is 1.94. The second-order valence-electron chi connectivity index (χ2n) is 2.67. The van der Waals surface area contributed by atoms with Crippen LogP contribution in [0.5, 0.6) is 0 Å². The number of hydrogen-bond acceptors (Lipinski definition) is 3. The molecule has 1 rings (SSSR count). The van der Waals surface area contributed by atoms with Crippen LogP contribution in [0.15, 0.2) is 12.1 Å². The summed E-state index contributed by atoms with van der Waals surface area (Å²) in [5, 5.41) is -2.41. The molecule has 0 atom stereocenters. The van der Waals surface area contributed by atoms with Crippen LogP contribution >= 0.6 is 23.2 Å². The molecule has 0 saturated heterocycles. The van der Waals surface area contributed by atoms with Crippen LogP contribution in [0.2, 0.25) is 0 Å².